The Bertz CT molecular complexity index is 265. The van der Waals surface area contributed by atoms with Crippen LogP contribution in [0.3, 0.4) is 0 Å². The zero-order valence-corrected chi connectivity index (χ0v) is 22.0. The standard InChI is InChI=1S/C7H18O4Si.C6H20O4Si3.CH4/c1-8-6-5-7-12(9-2,10-3)11-4;1-7-13(8-2,9-3)6-5-12-10-11-4;/h5-7H2,1-4H3;5-6,11-12H2,1-4H3;1H4. The van der Waals surface area contributed by atoms with Crippen LogP contribution >= 0.6 is 0 Å². The molecule has 0 unspecified atom stereocenters. The number of rotatable bonds is 15. The van der Waals surface area contributed by atoms with Gasteiger partial charge in [-0.3, -0.25) is 0 Å². The minimum Gasteiger partial charge on any atom is -0.465 e. The highest BCUT2D eigenvalue weighted by molar-refractivity contribution is 6.62. The van der Waals surface area contributed by atoms with Gasteiger partial charge in [0.15, 0.2) is 0 Å². The molecule has 0 aliphatic carbocycles. The molecule has 12 heteroatoms. The molecule has 0 amide bonds. The third-order valence-electron chi connectivity index (χ3n) is 3.67. The molecule has 0 spiro atoms. The summed E-state index contributed by atoms with van der Waals surface area (Å²) >= 11 is 0. The summed E-state index contributed by atoms with van der Waals surface area (Å²) in [5, 5.41) is 0. The van der Waals surface area contributed by atoms with E-state index >= 15 is 0 Å². The van der Waals surface area contributed by atoms with Gasteiger partial charge in [0.2, 0.25) is 0 Å². The van der Waals surface area contributed by atoms with Crippen molar-refractivity contribution in [2.75, 3.05) is 56.4 Å². The number of hydrogen-bond donors (Lipinski definition) is 0. The van der Waals surface area contributed by atoms with Gasteiger partial charge in [0.1, 0.15) is 19.5 Å². The Morgan fingerprint density at radius 2 is 1.12 bits per heavy atom. The van der Waals surface area contributed by atoms with Gasteiger partial charge in [-0.25, -0.2) is 0 Å². The number of ether oxygens (including phenoxy) is 1. The van der Waals surface area contributed by atoms with Crippen molar-refractivity contribution < 1.29 is 35.4 Å². The molecule has 0 aromatic heterocycles. The van der Waals surface area contributed by atoms with E-state index in [9.17, 15) is 0 Å². The summed E-state index contributed by atoms with van der Waals surface area (Å²) in [6.45, 7) is 2.87. The van der Waals surface area contributed by atoms with Crippen molar-refractivity contribution >= 4 is 37.1 Å². The highest BCUT2D eigenvalue weighted by Crippen LogP contribution is 2.15. The van der Waals surface area contributed by atoms with E-state index in [2.05, 4.69) is 6.55 Å². The predicted octanol–water partition coefficient (Wildman–Crippen LogP) is 1.05. The van der Waals surface area contributed by atoms with Crippen LogP contribution in [-0.2, 0) is 35.4 Å². The molecule has 8 nitrogen and oxygen atoms in total. The van der Waals surface area contributed by atoms with E-state index in [4.69, 9.17) is 35.4 Å². The van der Waals surface area contributed by atoms with Crippen LogP contribution in [-0.4, -0.2) is 93.5 Å². The van der Waals surface area contributed by atoms with Gasteiger partial charge in [-0.05, 0) is 12.5 Å². The van der Waals surface area contributed by atoms with Crippen molar-refractivity contribution in [2.24, 2.45) is 0 Å². The molecule has 0 radical (unpaired) electrons. The molecule has 162 valence electrons. The maximum atomic E-state index is 5.50. The first-order chi connectivity index (χ1) is 12.0. The molecule has 0 saturated carbocycles. The first-order valence-electron chi connectivity index (χ1n) is 8.36. The molecule has 0 aromatic carbocycles. The van der Waals surface area contributed by atoms with Crippen LogP contribution in [0.15, 0.2) is 0 Å². The van der Waals surface area contributed by atoms with Crippen LogP contribution in [0, 0.1) is 0 Å². The van der Waals surface area contributed by atoms with Crippen LogP contribution in [0.25, 0.3) is 0 Å². The first kappa shape index (κ1) is 31.2. The van der Waals surface area contributed by atoms with E-state index in [1.165, 1.54) is 0 Å². The first-order valence-corrected chi connectivity index (χ1v) is 15.8. The lowest BCUT2D eigenvalue weighted by atomic mass is 10.5. The smallest absolute Gasteiger partial charge is 0.465 e. The zero-order valence-electron chi connectivity index (χ0n) is 17.2. The highest BCUT2D eigenvalue weighted by atomic mass is 28.4. The third-order valence-corrected chi connectivity index (χ3v) is 13.5. The molecular weight excluding hydrogens is 408 g/mol. The molecule has 0 saturated heterocycles. The van der Waals surface area contributed by atoms with Gasteiger partial charge in [0.05, 0.1) is 0 Å². The molecule has 0 aliphatic rings. The van der Waals surface area contributed by atoms with E-state index in [0.29, 0.717) is 6.61 Å². The van der Waals surface area contributed by atoms with Gasteiger partial charge in [-0.1, -0.05) is 14.0 Å². The zero-order chi connectivity index (χ0) is 19.6. The average molecular weight is 451 g/mol. The van der Waals surface area contributed by atoms with Gasteiger partial charge in [0, 0.05) is 68.5 Å². The number of hydrogen-bond acceptors (Lipinski definition) is 8. The summed E-state index contributed by atoms with van der Waals surface area (Å²) in [6, 6.07) is 2.77. The summed E-state index contributed by atoms with van der Waals surface area (Å²) in [5.74, 6) is 0. The maximum absolute atomic E-state index is 5.50. The SMILES string of the molecule is C.COCCC[Si](OC)(OC)OC.CO[Si](CC[SiH2]O[SiH2]C)(OC)OC. The van der Waals surface area contributed by atoms with Crippen molar-refractivity contribution in [3.8, 4) is 0 Å². The molecule has 0 aliphatic heterocycles. The van der Waals surface area contributed by atoms with Crippen molar-refractivity contribution in [2.45, 2.75) is 38.5 Å². The molecule has 26 heavy (non-hydrogen) atoms. The summed E-state index contributed by atoms with van der Waals surface area (Å²) in [6.07, 6.45) is 0.901. The molecule has 0 heterocycles. The van der Waals surface area contributed by atoms with Crippen molar-refractivity contribution in [1.29, 1.82) is 0 Å². The lowest BCUT2D eigenvalue weighted by molar-refractivity contribution is 0.117. The summed E-state index contributed by atoms with van der Waals surface area (Å²) in [5.41, 5.74) is 0. The molecule has 0 rings (SSSR count). The van der Waals surface area contributed by atoms with Gasteiger partial charge in [-0.15, -0.1) is 0 Å². The molecule has 0 aromatic rings. The van der Waals surface area contributed by atoms with E-state index in [1.807, 2.05) is 0 Å². The topological polar surface area (TPSA) is 73.8 Å². The van der Waals surface area contributed by atoms with Gasteiger partial charge in [0.25, 0.3) is 0 Å². The molecular formula is C14H42O8Si4. The Labute approximate surface area is 167 Å². The predicted molar refractivity (Wildman–Crippen MR) is 115 cm³/mol. The fourth-order valence-corrected chi connectivity index (χ4v) is 9.16. The Morgan fingerprint density at radius 1 is 0.692 bits per heavy atom. The Hall–Kier alpha value is 0.548. The van der Waals surface area contributed by atoms with Crippen LogP contribution in [0.5, 0.6) is 0 Å². The van der Waals surface area contributed by atoms with E-state index in [0.717, 1.165) is 24.6 Å². The van der Waals surface area contributed by atoms with Gasteiger partial charge >= 0.3 is 17.6 Å². The van der Waals surface area contributed by atoms with E-state index in [1.54, 1.807) is 49.8 Å². The van der Waals surface area contributed by atoms with Gasteiger partial charge < -0.3 is 35.4 Å². The van der Waals surface area contributed by atoms with Crippen molar-refractivity contribution in [1.82, 2.24) is 0 Å². The largest absolute Gasteiger partial charge is 0.500 e. The summed E-state index contributed by atoms with van der Waals surface area (Å²) < 4.78 is 42.0. The molecule has 0 N–H and O–H groups in total. The second-order valence-electron chi connectivity index (χ2n) is 4.99. The van der Waals surface area contributed by atoms with Crippen molar-refractivity contribution in [3.63, 3.8) is 0 Å². The lowest BCUT2D eigenvalue weighted by Crippen LogP contribution is -2.42. The normalized spacial score (nSPS) is 12.5. The maximum Gasteiger partial charge on any atom is 0.500 e. The summed E-state index contributed by atoms with van der Waals surface area (Å²) in [4.78, 5) is 0. The molecule has 0 fully saturated rings. The second-order valence-corrected chi connectivity index (χ2v) is 14.5. The van der Waals surface area contributed by atoms with E-state index < -0.39 is 17.6 Å². The molecule has 0 atom stereocenters. The van der Waals surface area contributed by atoms with E-state index in [-0.39, 0.29) is 27.0 Å². The lowest BCUT2D eigenvalue weighted by Gasteiger charge is -2.23. The minimum atomic E-state index is -2.33. The monoisotopic (exact) mass is 450 g/mol. The third kappa shape index (κ3) is 13.7. The fraction of sp³-hybridized carbons (Fsp3) is 1.00. The minimum absolute atomic E-state index is 0. The highest BCUT2D eigenvalue weighted by Gasteiger charge is 2.37. The van der Waals surface area contributed by atoms with Crippen LogP contribution < -0.4 is 0 Å². The number of methoxy groups -OCH3 is 1. The van der Waals surface area contributed by atoms with Crippen molar-refractivity contribution in [3.05, 3.63) is 0 Å². The fourth-order valence-electron chi connectivity index (χ4n) is 2.08. The van der Waals surface area contributed by atoms with Crippen LogP contribution in [0.4, 0.5) is 0 Å². The Morgan fingerprint density at radius 3 is 1.46 bits per heavy atom. The van der Waals surface area contributed by atoms with Crippen LogP contribution in [0.2, 0.25) is 24.7 Å². The van der Waals surface area contributed by atoms with Gasteiger partial charge in [-0.2, -0.15) is 0 Å². The average Bonchev–Trinajstić information content (AvgIpc) is 2.67. The summed E-state index contributed by atoms with van der Waals surface area (Å²) in [7, 11) is 6.29. The Balaban J connectivity index is -0.000000393. The van der Waals surface area contributed by atoms with Crippen LogP contribution in [0.1, 0.15) is 13.8 Å². The molecule has 0 bridgehead atoms. The quantitative estimate of drug-likeness (QED) is 0.271. The second kappa shape index (κ2) is 20.3. The Kier molecular flexibility index (Phi) is 24.4.